The van der Waals surface area contributed by atoms with E-state index < -0.39 is 0 Å². The van der Waals surface area contributed by atoms with Crippen molar-refractivity contribution >= 4 is 11.8 Å². The highest BCUT2D eigenvalue weighted by molar-refractivity contribution is 5.85. The molecule has 2 aliphatic carbocycles. The summed E-state index contributed by atoms with van der Waals surface area (Å²) < 4.78 is 11.5. The molecule has 0 spiro atoms. The molecular weight excluding hydrogens is 382 g/mol. The lowest BCUT2D eigenvalue weighted by Crippen LogP contribution is -2.37. The van der Waals surface area contributed by atoms with Crippen molar-refractivity contribution in [1.29, 1.82) is 0 Å². The van der Waals surface area contributed by atoms with E-state index in [-0.39, 0.29) is 22.6 Å². The van der Waals surface area contributed by atoms with Crippen molar-refractivity contribution in [2.24, 2.45) is 10.8 Å². The van der Waals surface area contributed by atoms with Gasteiger partial charge in [0.2, 0.25) is 11.8 Å². The number of carbonyl (C=O) groups is 2. The minimum Gasteiger partial charge on any atom is -0.380 e. The van der Waals surface area contributed by atoms with Gasteiger partial charge in [-0.1, -0.05) is 13.8 Å². The summed E-state index contributed by atoms with van der Waals surface area (Å²) in [6.07, 6.45) is 5.76. The molecule has 0 radical (unpaired) electrons. The van der Waals surface area contributed by atoms with Crippen molar-refractivity contribution in [3.8, 4) is 0 Å². The Morgan fingerprint density at radius 2 is 1.20 bits per heavy atom. The molecule has 2 N–H and O–H groups in total. The van der Waals surface area contributed by atoms with Crippen LogP contribution in [-0.2, 0) is 19.1 Å². The molecule has 0 atom stereocenters. The van der Waals surface area contributed by atoms with Crippen molar-refractivity contribution in [1.82, 2.24) is 15.5 Å². The lowest BCUT2D eigenvalue weighted by atomic mass is 10.1. The summed E-state index contributed by atoms with van der Waals surface area (Å²) in [5, 5.41) is 6.00. The van der Waals surface area contributed by atoms with E-state index in [4.69, 9.17) is 9.47 Å². The fourth-order valence-corrected chi connectivity index (χ4v) is 3.20. The highest BCUT2D eigenvalue weighted by atomic mass is 16.5. The average Bonchev–Trinajstić information content (AvgIpc) is 3.63. The zero-order valence-corrected chi connectivity index (χ0v) is 19.6. The number of hydrogen-bond acceptors (Lipinski definition) is 5. The number of nitrogens with one attached hydrogen (secondary N) is 2. The van der Waals surface area contributed by atoms with E-state index in [0.717, 1.165) is 51.6 Å². The van der Waals surface area contributed by atoms with Gasteiger partial charge >= 0.3 is 0 Å². The molecule has 7 nitrogen and oxygen atoms in total. The van der Waals surface area contributed by atoms with Gasteiger partial charge in [-0.3, -0.25) is 14.5 Å². The van der Waals surface area contributed by atoms with Crippen LogP contribution in [0.2, 0.25) is 0 Å². The Morgan fingerprint density at radius 1 is 0.800 bits per heavy atom. The first-order valence-corrected chi connectivity index (χ1v) is 11.7. The Morgan fingerprint density at radius 3 is 1.53 bits per heavy atom. The van der Waals surface area contributed by atoms with Crippen LogP contribution < -0.4 is 10.6 Å². The largest absolute Gasteiger partial charge is 0.380 e. The van der Waals surface area contributed by atoms with Crippen LogP contribution in [0, 0.1) is 10.8 Å². The maximum atomic E-state index is 11.8. The van der Waals surface area contributed by atoms with Crippen LogP contribution in [0.5, 0.6) is 0 Å². The number of carbonyl (C=O) groups excluding carboxylic acids is 2. The van der Waals surface area contributed by atoms with E-state index >= 15 is 0 Å². The van der Waals surface area contributed by atoms with Gasteiger partial charge in [-0.2, -0.15) is 0 Å². The van der Waals surface area contributed by atoms with E-state index in [1.165, 1.54) is 0 Å². The lowest BCUT2D eigenvalue weighted by molar-refractivity contribution is -0.126. The normalized spacial score (nSPS) is 18.5. The van der Waals surface area contributed by atoms with Crippen molar-refractivity contribution in [3.63, 3.8) is 0 Å². The molecule has 2 fully saturated rings. The maximum Gasteiger partial charge on any atom is 0.225 e. The first-order chi connectivity index (χ1) is 14.3. The number of ether oxygens (including phenoxy) is 2. The molecule has 0 heterocycles. The van der Waals surface area contributed by atoms with E-state index in [9.17, 15) is 9.59 Å². The van der Waals surface area contributed by atoms with E-state index in [0.29, 0.717) is 45.6 Å². The third-order valence-corrected chi connectivity index (χ3v) is 6.37. The molecule has 0 unspecified atom stereocenters. The summed E-state index contributed by atoms with van der Waals surface area (Å²) in [4.78, 5) is 26.0. The van der Waals surface area contributed by atoms with Gasteiger partial charge in [0.1, 0.15) is 0 Å². The fraction of sp³-hybridized carbons (Fsp3) is 0.913. The highest BCUT2D eigenvalue weighted by Gasteiger charge is 2.45. The van der Waals surface area contributed by atoms with Gasteiger partial charge in [-0.25, -0.2) is 0 Å². The third kappa shape index (κ3) is 8.90. The molecule has 7 heteroatoms. The minimum absolute atomic E-state index is 0.0937. The topological polar surface area (TPSA) is 79.9 Å². The second-order valence-corrected chi connectivity index (χ2v) is 9.69. The minimum atomic E-state index is -0.0937. The van der Waals surface area contributed by atoms with Crippen LogP contribution in [0.3, 0.4) is 0 Å². The molecule has 0 aromatic rings. The monoisotopic (exact) mass is 425 g/mol. The third-order valence-electron chi connectivity index (χ3n) is 6.37. The predicted molar refractivity (Wildman–Crippen MR) is 118 cm³/mol. The highest BCUT2D eigenvalue weighted by Crippen LogP contribution is 2.45. The van der Waals surface area contributed by atoms with Gasteiger partial charge in [0, 0.05) is 56.3 Å². The second-order valence-electron chi connectivity index (χ2n) is 9.69. The fourth-order valence-electron chi connectivity index (χ4n) is 3.20. The molecule has 30 heavy (non-hydrogen) atoms. The lowest BCUT2D eigenvalue weighted by Gasteiger charge is -2.26. The zero-order chi connectivity index (χ0) is 22.0. The summed E-state index contributed by atoms with van der Waals surface area (Å²) in [7, 11) is 0. The molecule has 2 saturated carbocycles. The quantitative estimate of drug-likeness (QED) is 0.350. The molecule has 0 aliphatic heterocycles. The summed E-state index contributed by atoms with van der Waals surface area (Å²) in [5.41, 5.74) is -0.187. The van der Waals surface area contributed by atoms with Crippen LogP contribution in [0.4, 0.5) is 0 Å². The number of rotatable bonds is 17. The molecule has 0 aromatic carbocycles. The molecule has 2 amide bonds. The molecule has 2 rings (SSSR count). The van der Waals surface area contributed by atoms with Gasteiger partial charge in [0.25, 0.3) is 0 Å². The molecule has 0 aromatic heterocycles. The van der Waals surface area contributed by atoms with Gasteiger partial charge in [-0.05, 0) is 52.4 Å². The predicted octanol–water partition coefficient (Wildman–Crippen LogP) is 2.34. The Labute approximate surface area is 182 Å². The van der Waals surface area contributed by atoms with E-state index in [1.54, 1.807) is 0 Å². The Kier molecular flexibility index (Phi) is 10.0. The van der Waals surface area contributed by atoms with Crippen LogP contribution in [0.25, 0.3) is 0 Å². The first-order valence-electron chi connectivity index (χ1n) is 11.7. The Bertz CT molecular complexity index is 501. The van der Waals surface area contributed by atoms with E-state index in [1.807, 2.05) is 13.8 Å². The number of hydrogen-bond donors (Lipinski definition) is 2. The SMILES string of the molecule is CC(C)N(CCOCCCNC(=O)C1(C)CC1)CCOCCCNC(=O)C1(C)CC1. The van der Waals surface area contributed by atoms with Gasteiger partial charge in [-0.15, -0.1) is 0 Å². The zero-order valence-electron chi connectivity index (χ0n) is 19.6. The Hall–Kier alpha value is -1.18. The number of nitrogens with zero attached hydrogens (tertiary/aromatic N) is 1. The maximum absolute atomic E-state index is 11.8. The van der Waals surface area contributed by atoms with Gasteiger partial charge < -0.3 is 20.1 Å². The Balaban J connectivity index is 1.40. The van der Waals surface area contributed by atoms with Crippen molar-refractivity contribution in [2.45, 2.75) is 72.3 Å². The standard InChI is InChI=1S/C23H43N3O4/c1-19(2)26(13-17-29-15-5-11-24-20(27)22(3)7-8-22)14-18-30-16-6-12-25-21(28)23(4)9-10-23/h19H,5-18H2,1-4H3,(H,24,27)(H,25,28). The molecule has 2 aliphatic rings. The second kappa shape index (κ2) is 12.0. The van der Waals surface area contributed by atoms with E-state index in [2.05, 4.69) is 29.4 Å². The molecule has 174 valence electrons. The van der Waals surface area contributed by atoms with Gasteiger partial charge in [0.05, 0.1) is 13.2 Å². The number of amides is 2. The van der Waals surface area contributed by atoms with Gasteiger partial charge in [0.15, 0.2) is 0 Å². The summed E-state index contributed by atoms with van der Waals surface area (Å²) in [6.45, 7) is 14.3. The van der Waals surface area contributed by atoms with Crippen molar-refractivity contribution in [2.75, 3.05) is 52.6 Å². The van der Waals surface area contributed by atoms with Crippen LogP contribution in [0.1, 0.15) is 66.2 Å². The molecule has 0 saturated heterocycles. The summed E-state index contributed by atoms with van der Waals surface area (Å²) in [6, 6.07) is 0.439. The molecular formula is C23H43N3O4. The smallest absolute Gasteiger partial charge is 0.225 e. The van der Waals surface area contributed by atoms with Crippen molar-refractivity contribution in [3.05, 3.63) is 0 Å². The summed E-state index contributed by atoms with van der Waals surface area (Å²) in [5.74, 6) is 0.376. The average molecular weight is 426 g/mol. The van der Waals surface area contributed by atoms with Crippen LogP contribution in [-0.4, -0.2) is 75.4 Å². The van der Waals surface area contributed by atoms with Crippen LogP contribution >= 0.6 is 0 Å². The first kappa shape index (κ1) is 25.1. The summed E-state index contributed by atoms with van der Waals surface area (Å²) >= 11 is 0. The van der Waals surface area contributed by atoms with Crippen LogP contribution in [0.15, 0.2) is 0 Å². The molecule has 0 bridgehead atoms. The van der Waals surface area contributed by atoms with Crippen molar-refractivity contribution < 1.29 is 19.1 Å².